The minimum atomic E-state index is -4.80. The van der Waals surface area contributed by atoms with E-state index in [-0.39, 0.29) is 41.8 Å². The van der Waals surface area contributed by atoms with Crippen molar-refractivity contribution in [3.63, 3.8) is 0 Å². The Morgan fingerprint density at radius 1 is 1.03 bits per heavy atom. The highest BCUT2D eigenvalue weighted by Gasteiger charge is 2.42. The predicted octanol–water partition coefficient (Wildman–Crippen LogP) is 5.39. The second kappa shape index (κ2) is 7.41. The molecule has 3 aliphatic carbocycles. The number of hydrogen-bond donors (Lipinski definition) is 0. The van der Waals surface area contributed by atoms with Crippen molar-refractivity contribution in [2.24, 2.45) is 11.8 Å². The molecule has 2 atom stereocenters. The molecule has 0 saturated heterocycles. The molecule has 3 aliphatic rings. The van der Waals surface area contributed by atoms with E-state index in [1.165, 1.54) is 12.1 Å². The Bertz CT molecular complexity index is 934. The lowest BCUT2D eigenvalue weighted by Crippen LogP contribution is -2.31. The van der Waals surface area contributed by atoms with Gasteiger partial charge in [-0.1, -0.05) is 17.3 Å². The van der Waals surface area contributed by atoms with Gasteiger partial charge in [-0.3, -0.25) is 4.79 Å². The number of halogens is 3. The molecule has 0 N–H and O–H groups in total. The summed E-state index contributed by atoms with van der Waals surface area (Å²) in [6.07, 6.45) is 0.370. The minimum Gasteiger partial charge on any atom is -0.405 e. The maximum absolute atomic E-state index is 12.9. The molecule has 0 spiro atoms. The fourth-order valence-electron chi connectivity index (χ4n) is 4.77. The van der Waals surface area contributed by atoms with Gasteiger partial charge in [0.05, 0.1) is 12.7 Å². The van der Waals surface area contributed by atoms with Crippen LogP contribution in [0.25, 0.3) is 11.3 Å². The van der Waals surface area contributed by atoms with Crippen LogP contribution in [-0.2, 0) is 16.1 Å². The number of carbonyl (C=O) groups is 1. The highest BCUT2D eigenvalue weighted by molar-refractivity contribution is 5.86. The Morgan fingerprint density at radius 3 is 2.37 bits per heavy atom. The van der Waals surface area contributed by atoms with Gasteiger partial charge in [0.2, 0.25) is 0 Å². The molecule has 8 heteroatoms. The van der Waals surface area contributed by atoms with E-state index in [0.717, 1.165) is 25.7 Å². The van der Waals surface area contributed by atoms with Gasteiger partial charge in [0.1, 0.15) is 23.0 Å². The van der Waals surface area contributed by atoms with Gasteiger partial charge < -0.3 is 14.0 Å². The molecule has 2 bridgehead atoms. The van der Waals surface area contributed by atoms with Crippen molar-refractivity contribution >= 4 is 5.78 Å². The average Bonchev–Trinajstić information content (AvgIpc) is 3.42. The summed E-state index contributed by atoms with van der Waals surface area (Å²) < 4.78 is 54.5. The van der Waals surface area contributed by atoms with Gasteiger partial charge in [0.15, 0.2) is 0 Å². The highest BCUT2D eigenvalue weighted by atomic mass is 19.4. The van der Waals surface area contributed by atoms with Crippen LogP contribution in [0.1, 0.15) is 55.8 Å². The number of alkyl halides is 3. The number of nitrogens with zero attached hydrogens (tertiary/aromatic N) is 1. The van der Waals surface area contributed by atoms with Crippen molar-refractivity contribution in [1.29, 1.82) is 0 Å². The van der Waals surface area contributed by atoms with E-state index >= 15 is 0 Å². The summed E-state index contributed by atoms with van der Waals surface area (Å²) in [7, 11) is 0. The second-order valence-corrected chi connectivity index (χ2v) is 8.47. The zero-order valence-corrected chi connectivity index (χ0v) is 16.3. The van der Waals surface area contributed by atoms with Crippen LogP contribution in [0.3, 0.4) is 0 Å². The molecule has 5 nitrogen and oxygen atoms in total. The van der Waals surface area contributed by atoms with Crippen molar-refractivity contribution in [2.75, 3.05) is 0 Å². The van der Waals surface area contributed by atoms with Gasteiger partial charge in [-0.15, -0.1) is 13.2 Å². The maximum Gasteiger partial charge on any atom is 0.573 e. The molecule has 1 aromatic heterocycles. The Balaban J connectivity index is 1.41. The number of fused-ring (bicyclic) bond motifs is 2. The van der Waals surface area contributed by atoms with Crippen molar-refractivity contribution in [1.82, 2.24) is 5.16 Å². The molecular formula is C22H22F3NO4. The third-order valence-electron chi connectivity index (χ3n) is 6.36. The maximum atomic E-state index is 12.9. The SMILES string of the molecule is O=C1C2CCC1CC(OCc1c(-c3ccccc3OC(F)(F)F)noc1C1CC1)C2. The summed E-state index contributed by atoms with van der Waals surface area (Å²) in [4.78, 5) is 12.1. The van der Waals surface area contributed by atoms with Crippen LogP contribution in [0.5, 0.6) is 5.75 Å². The van der Waals surface area contributed by atoms with Crippen molar-refractivity contribution in [3.8, 4) is 17.0 Å². The van der Waals surface area contributed by atoms with E-state index in [0.29, 0.717) is 35.6 Å². The molecule has 0 aliphatic heterocycles. The Kier molecular flexibility index (Phi) is 4.84. The van der Waals surface area contributed by atoms with E-state index in [2.05, 4.69) is 9.89 Å². The van der Waals surface area contributed by atoms with E-state index in [1.807, 2.05) is 0 Å². The van der Waals surface area contributed by atoms with Crippen molar-refractivity contribution in [2.45, 2.75) is 63.5 Å². The Hall–Kier alpha value is -2.35. The lowest BCUT2D eigenvalue weighted by Gasteiger charge is -2.26. The van der Waals surface area contributed by atoms with Crippen LogP contribution in [0.4, 0.5) is 13.2 Å². The topological polar surface area (TPSA) is 61.6 Å². The largest absolute Gasteiger partial charge is 0.573 e. The first-order valence-electron chi connectivity index (χ1n) is 10.4. The van der Waals surface area contributed by atoms with E-state index < -0.39 is 6.36 Å². The van der Waals surface area contributed by atoms with Crippen LogP contribution in [0.2, 0.25) is 0 Å². The molecule has 30 heavy (non-hydrogen) atoms. The molecule has 2 unspecified atom stereocenters. The molecule has 1 aromatic carbocycles. The smallest absolute Gasteiger partial charge is 0.405 e. The first-order valence-corrected chi connectivity index (χ1v) is 10.4. The predicted molar refractivity (Wildman–Crippen MR) is 99.6 cm³/mol. The molecule has 0 amide bonds. The molecule has 3 saturated carbocycles. The summed E-state index contributed by atoms with van der Waals surface area (Å²) in [5, 5.41) is 4.10. The lowest BCUT2D eigenvalue weighted by atomic mass is 9.86. The molecule has 5 rings (SSSR count). The van der Waals surface area contributed by atoms with E-state index in [9.17, 15) is 18.0 Å². The third-order valence-corrected chi connectivity index (χ3v) is 6.36. The summed E-state index contributed by atoms with van der Waals surface area (Å²) in [6, 6.07) is 5.93. The summed E-state index contributed by atoms with van der Waals surface area (Å²) in [6.45, 7) is 0.198. The van der Waals surface area contributed by atoms with Gasteiger partial charge in [0.25, 0.3) is 0 Å². The second-order valence-electron chi connectivity index (χ2n) is 8.47. The van der Waals surface area contributed by atoms with Crippen LogP contribution >= 0.6 is 0 Å². The monoisotopic (exact) mass is 421 g/mol. The summed E-state index contributed by atoms with van der Waals surface area (Å²) >= 11 is 0. The van der Waals surface area contributed by atoms with Gasteiger partial charge in [-0.2, -0.15) is 0 Å². The number of ether oxygens (including phenoxy) is 2. The number of benzene rings is 1. The Morgan fingerprint density at radius 2 is 1.70 bits per heavy atom. The van der Waals surface area contributed by atoms with Crippen LogP contribution in [0.15, 0.2) is 28.8 Å². The van der Waals surface area contributed by atoms with Crippen molar-refractivity contribution < 1.29 is 32.0 Å². The molecule has 160 valence electrons. The van der Waals surface area contributed by atoms with E-state index in [4.69, 9.17) is 9.26 Å². The van der Waals surface area contributed by atoms with E-state index in [1.54, 1.807) is 12.1 Å². The number of hydrogen-bond acceptors (Lipinski definition) is 5. The summed E-state index contributed by atoms with van der Waals surface area (Å²) in [5.74, 6) is 1.12. The van der Waals surface area contributed by atoms with Crippen LogP contribution in [0, 0.1) is 11.8 Å². The third kappa shape index (κ3) is 3.85. The number of rotatable bonds is 6. The normalized spacial score (nSPS) is 26.2. The van der Waals surface area contributed by atoms with Crippen LogP contribution in [-0.4, -0.2) is 23.4 Å². The first-order chi connectivity index (χ1) is 14.4. The minimum absolute atomic E-state index is 0.0309. The van der Waals surface area contributed by atoms with Gasteiger partial charge in [-0.25, -0.2) is 0 Å². The van der Waals surface area contributed by atoms with Gasteiger partial charge >= 0.3 is 6.36 Å². The average molecular weight is 421 g/mol. The molecule has 0 radical (unpaired) electrons. The molecule has 2 aromatic rings. The number of carbonyl (C=O) groups excluding carboxylic acids is 1. The van der Waals surface area contributed by atoms with Gasteiger partial charge in [0, 0.05) is 28.9 Å². The lowest BCUT2D eigenvalue weighted by molar-refractivity contribution is -0.274. The number of para-hydroxylation sites is 1. The van der Waals surface area contributed by atoms with Gasteiger partial charge in [-0.05, 0) is 50.7 Å². The number of ketones is 1. The quantitative estimate of drug-likeness (QED) is 0.626. The molecule has 3 fully saturated rings. The standard InChI is InChI=1S/C22H22F3NO4/c23-22(24,25)29-18-4-2-1-3-16(18)19-17(21(30-26-19)12-5-6-12)11-28-15-9-13-7-8-14(10-15)20(13)27/h1-4,12-15H,5-11H2. The zero-order valence-electron chi connectivity index (χ0n) is 16.3. The van der Waals surface area contributed by atoms with Crippen molar-refractivity contribution in [3.05, 3.63) is 35.6 Å². The number of aromatic nitrogens is 1. The molecular weight excluding hydrogens is 399 g/mol. The zero-order chi connectivity index (χ0) is 20.9. The Labute approximate surface area is 171 Å². The fraction of sp³-hybridized carbons (Fsp3) is 0.545. The molecule has 1 heterocycles. The fourth-order valence-corrected chi connectivity index (χ4v) is 4.77. The summed E-state index contributed by atoms with van der Waals surface area (Å²) in [5.41, 5.74) is 1.23. The highest BCUT2D eigenvalue weighted by Crippen LogP contribution is 2.46. The number of Topliss-reactive ketones (excluding diaryl/α,β-unsaturated/α-hetero) is 1. The first kappa shape index (κ1) is 19.6. The van der Waals surface area contributed by atoms with Crippen LogP contribution < -0.4 is 4.74 Å².